The van der Waals surface area contributed by atoms with Gasteiger partial charge in [0.2, 0.25) is 5.91 Å². The summed E-state index contributed by atoms with van der Waals surface area (Å²) in [6.45, 7) is 4.71. The second kappa shape index (κ2) is 7.46. The van der Waals surface area contributed by atoms with Gasteiger partial charge in [0, 0.05) is 36.6 Å². The summed E-state index contributed by atoms with van der Waals surface area (Å²) in [6.07, 6.45) is 5.75. The molecule has 1 N–H and O–H groups in total. The van der Waals surface area contributed by atoms with E-state index in [2.05, 4.69) is 33.4 Å². The average molecular weight is 351 g/mol. The van der Waals surface area contributed by atoms with Crippen molar-refractivity contribution in [3.63, 3.8) is 0 Å². The van der Waals surface area contributed by atoms with Crippen molar-refractivity contribution < 1.29 is 9.53 Å². The molecule has 136 valence electrons. The van der Waals surface area contributed by atoms with Crippen LogP contribution in [0.4, 0.5) is 5.69 Å². The Bertz CT molecular complexity index is 788. The second-order valence-electron chi connectivity index (χ2n) is 7.14. The predicted octanol–water partition coefficient (Wildman–Crippen LogP) is 3.49. The number of aromatic nitrogens is 1. The van der Waals surface area contributed by atoms with Crippen LogP contribution in [-0.4, -0.2) is 35.5 Å². The number of amides is 1. The van der Waals surface area contributed by atoms with Crippen LogP contribution in [0.15, 0.2) is 36.5 Å². The number of nitrogens with one attached hydrogen (secondary N) is 1. The van der Waals surface area contributed by atoms with Crippen LogP contribution in [0.3, 0.4) is 0 Å². The first-order valence-corrected chi connectivity index (χ1v) is 9.41. The van der Waals surface area contributed by atoms with E-state index in [0.717, 1.165) is 42.2 Å². The van der Waals surface area contributed by atoms with Crippen molar-refractivity contribution in [1.82, 2.24) is 9.88 Å². The molecule has 4 rings (SSSR count). The highest BCUT2D eigenvalue weighted by Crippen LogP contribution is 2.31. The molecule has 0 bridgehead atoms. The van der Waals surface area contributed by atoms with Gasteiger partial charge in [-0.2, -0.15) is 0 Å². The van der Waals surface area contributed by atoms with Crippen LogP contribution in [0, 0.1) is 6.92 Å². The molecule has 1 aromatic heterocycles. The fraction of sp³-hybridized carbons (Fsp3) is 0.429. The van der Waals surface area contributed by atoms with E-state index < -0.39 is 0 Å². The molecule has 2 aliphatic rings. The van der Waals surface area contributed by atoms with Crippen molar-refractivity contribution in [2.75, 3.05) is 25.0 Å². The van der Waals surface area contributed by atoms with Gasteiger partial charge in [-0.1, -0.05) is 6.07 Å². The van der Waals surface area contributed by atoms with Gasteiger partial charge in [0.15, 0.2) is 0 Å². The lowest BCUT2D eigenvalue weighted by molar-refractivity contribution is -0.116. The van der Waals surface area contributed by atoms with Crippen molar-refractivity contribution >= 4 is 11.6 Å². The van der Waals surface area contributed by atoms with Gasteiger partial charge in [-0.15, -0.1) is 0 Å². The second-order valence-corrected chi connectivity index (χ2v) is 7.14. The molecule has 0 saturated carbocycles. The summed E-state index contributed by atoms with van der Waals surface area (Å²) in [7, 11) is 0. The zero-order valence-corrected chi connectivity index (χ0v) is 15.2. The molecule has 1 amide bonds. The van der Waals surface area contributed by atoms with Crippen LogP contribution >= 0.6 is 0 Å². The number of carbonyl (C=O) groups excluding carboxylic acids is 1. The van der Waals surface area contributed by atoms with E-state index in [1.54, 1.807) is 0 Å². The van der Waals surface area contributed by atoms with E-state index in [-0.39, 0.29) is 5.91 Å². The van der Waals surface area contributed by atoms with Crippen LogP contribution in [0.5, 0.6) is 5.75 Å². The quantitative estimate of drug-likeness (QED) is 0.896. The topological polar surface area (TPSA) is 54.5 Å². The normalized spacial score (nSPS) is 19.9. The number of pyridine rings is 1. The van der Waals surface area contributed by atoms with Crippen molar-refractivity contribution in [3.8, 4) is 5.75 Å². The van der Waals surface area contributed by atoms with Crippen LogP contribution in [0.25, 0.3) is 0 Å². The van der Waals surface area contributed by atoms with Gasteiger partial charge in [-0.05, 0) is 68.1 Å². The lowest BCUT2D eigenvalue weighted by atomic mass is 10.0. The third-order valence-corrected chi connectivity index (χ3v) is 5.30. The highest BCUT2D eigenvalue weighted by atomic mass is 16.5. The molecule has 1 fully saturated rings. The smallest absolute Gasteiger partial charge is 0.224 e. The lowest BCUT2D eigenvalue weighted by Crippen LogP contribution is -2.28. The molecule has 1 aromatic carbocycles. The number of anilines is 1. The maximum absolute atomic E-state index is 11.4. The highest BCUT2D eigenvalue weighted by molar-refractivity contribution is 5.93. The number of aryl methyl sites for hydroxylation is 2. The Hall–Kier alpha value is -2.40. The van der Waals surface area contributed by atoms with Crippen molar-refractivity contribution in [3.05, 3.63) is 53.3 Å². The summed E-state index contributed by atoms with van der Waals surface area (Å²) in [6, 6.07) is 10.7. The Morgan fingerprint density at radius 2 is 2.19 bits per heavy atom. The van der Waals surface area contributed by atoms with E-state index in [9.17, 15) is 4.79 Å². The van der Waals surface area contributed by atoms with Gasteiger partial charge in [0.25, 0.3) is 0 Å². The first-order valence-electron chi connectivity index (χ1n) is 9.41. The third-order valence-electron chi connectivity index (χ3n) is 5.30. The number of carbonyl (C=O) groups is 1. The molecule has 2 aromatic rings. The molecule has 5 nitrogen and oxygen atoms in total. The van der Waals surface area contributed by atoms with Crippen LogP contribution in [0.2, 0.25) is 0 Å². The number of ether oxygens (including phenoxy) is 1. The Kier molecular flexibility index (Phi) is 4.89. The molecule has 0 radical (unpaired) electrons. The van der Waals surface area contributed by atoms with E-state index in [1.165, 1.54) is 18.4 Å². The maximum atomic E-state index is 11.4. The van der Waals surface area contributed by atoms with Gasteiger partial charge in [0.1, 0.15) is 12.4 Å². The van der Waals surface area contributed by atoms with Crippen molar-refractivity contribution in [1.29, 1.82) is 0 Å². The summed E-state index contributed by atoms with van der Waals surface area (Å²) in [5.41, 5.74) is 4.44. The summed E-state index contributed by atoms with van der Waals surface area (Å²) < 4.78 is 5.99. The van der Waals surface area contributed by atoms with Gasteiger partial charge in [0.05, 0.1) is 0 Å². The van der Waals surface area contributed by atoms with Gasteiger partial charge < -0.3 is 10.1 Å². The molecule has 5 heteroatoms. The molecule has 1 atom stereocenters. The Morgan fingerprint density at radius 3 is 3.04 bits per heavy atom. The molecule has 0 aliphatic carbocycles. The average Bonchev–Trinajstić information content (AvgIpc) is 3.11. The summed E-state index contributed by atoms with van der Waals surface area (Å²) in [4.78, 5) is 18.4. The number of nitrogens with zero attached hydrogens (tertiary/aromatic N) is 2. The number of hydrogen-bond acceptors (Lipinski definition) is 4. The fourth-order valence-electron chi connectivity index (χ4n) is 3.88. The van der Waals surface area contributed by atoms with E-state index in [0.29, 0.717) is 19.1 Å². The largest absolute Gasteiger partial charge is 0.492 e. The first-order chi connectivity index (χ1) is 12.7. The van der Waals surface area contributed by atoms with Crippen LogP contribution in [0.1, 0.15) is 42.1 Å². The summed E-state index contributed by atoms with van der Waals surface area (Å²) in [5.74, 6) is 0.976. The van der Waals surface area contributed by atoms with Gasteiger partial charge >= 0.3 is 0 Å². The molecule has 26 heavy (non-hydrogen) atoms. The van der Waals surface area contributed by atoms with Gasteiger partial charge in [-0.3, -0.25) is 14.7 Å². The summed E-state index contributed by atoms with van der Waals surface area (Å²) in [5, 5.41) is 2.91. The Morgan fingerprint density at radius 1 is 1.27 bits per heavy atom. The van der Waals surface area contributed by atoms with E-state index in [4.69, 9.17) is 4.74 Å². The molecule has 2 aliphatic heterocycles. The number of fused-ring (bicyclic) bond motifs is 1. The monoisotopic (exact) mass is 351 g/mol. The van der Waals surface area contributed by atoms with Crippen molar-refractivity contribution in [2.24, 2.45) is 0 Å². The number of hydrogen-bond donors (Lipinski definition) is 1. The van der Waals surface area contributed by atoms with Crippen LogP contribution < -0.4 is 10.1 Å². The zero-order chi connectivity index (χ0) is 17.9. The lowest BCUT2D eigenvalue weighted by Gasteiger charge is -2.25. The molecular weight excluding hydrogens is 326 g/mol. The SMILES string of the molecule is Cc1ccc(C2CCCN2CCOc2ccc3c(c2)CCC(=O)N3)cn1. The zero-order valence-electron chi connectivity index (χ0n) is 15.2. The Balaban J connectivity index is 1.34. The molecule has 3 heterocycles. The Labute approximate surface area is 154 Å². The van der Waals surface area contributed by atoms with Gasteiger partial charge in [-0.25, -0.2) is 0 Å². The fourth-order valence-corrected chi connectivity index (χ4v) is 3.88. The highest BCUT2D eigenvalue weighted by Gasteiger charge is 2.26. The third kappa shape index (κ3) is 3.73. The predicted molar refractivity (Wildman–Crippen MR) is 101 cm³/mol. The molecule has 1 saturated heterocycles. The first kappa shape index (κ1) is 17.0. The van der Waals surface area contributed by atoms with E-state index >= 15 is 0 Å². The molecular formula is C21H25N3O2. The minimum Gasteiger partial charge on any atom is -0.492 e. The number of likely N-dealkylation sites (tertiary alicyclic amines) is 1. The maximum Gasteiger partial charge on any atom is 0.224 e. The minimum atomic E-state index is 0.0943. The summed E-state index contributed by atoms with van der Waals surface area (Å²) >= 11 is 0. The standard InChI is InChI=1S/C21H25N3O2/c1-15-4-5-17(14-22-15)20-3-2-10-24(20)11-12-26-18-7-8-19-16(13-18)6-9-21(25)23-19/h4-5,7-8,13-14,20H,2-3,6,9-12H2,1H3,(H,23,25). The van der Waals surface area contributed by atoms with Crippen molar-refractivity contribution in [2.45, 2.75) is 38.6 Å². The van der Waals surface area contributed by atoms with E-state index in [1.807, 2.05) is 25.3 Å². The van der Waals surface area contributed by atoms with Crippen LogP contribution in [-0.2, 0) is 11.2 Å². The minimum absolute atomic E-state index is 0.0943. The number of rotatable bonds is 5. The molecule has 1 unspecified atom stereocenters. The number of benzene rings is 1. The molecule has 0 spiro atoms.